The maximum absolute atomic E-state index is 12.3. The number of methoxy groups -OCH3 is 3. The number of nitrogens with one attached hydrogen (secondary N) is 1. The van der Waals surface area contributed by atoms with Gasteiger partial charge in [-0.15, -0.1) is 16.9 Å². The van der Waals surface area contributed by atoms with E-state index in [2.05, 4.69) is 10.4 Å². The van der Waals surface area contributed by atoms with Crippen molar-refractivity contribution in [2.45, 2.75) is 50.3 Å². The van der Waals surface area contributed by atoms with Gasteiger partial charge in [0.05, 0.1) is 31.6 Å². The molecule has 2 heterocycles. The number of hydrazone groups is 1. The van der Waals surface area contributed by atoms with Gasteiger partial charge in [-0.05, 0) is 32.3 Å². The average molecular weight is 426 g/mol. The van der Waals surface area contributed by atoms with Gasteiger partial charge in [0.1, 0.15) is 28.5 Å². The van der Waals surface area contributed by atoms with Crippen molar-refractivity contribution in [1.29, 1.82) is 0 Å². The zero-order valence-corrected chi connectivity index (χ0v) is 18.2. The van der Waals surface area contributed by atoms with Crippen LogP contribution in [0.2, 0.25) is 0 Å². The number of hydrogen-bond donors (Lipinski definition) is 2. The lowest BCUT2D eigenvalue weighted by atomic mass is 9.98. The van der Waals surface area contributed by atoms with Crippen LogP contribution in [0, 0.1) is 0 Å². The third kappa shape index (κ3) is 4.32. The molecule has 2 aliphatic heterocycles. The molecule has 29 heavy (non-hydrogen) atoms. The van der Waals surface area contributed by atoms with Gasteiger partial charge in [-0.1, -0.05) is 0 Å². The first-order valence-electron chi connectivity index (χ1n) is 9.16. The Balaban J connectivity index is 1.84. The van der Waals surface area contributed by atoms with E-state index in [0.29, 0.717) is 29.3 Å². The molecule has 0 aromatic carbocycles. The highest BCUT2D eigenvalue weighted by Gasteiger charge is 2.46. The number of alkyl carbamates (subject to hydrolysis) is 1. The molecule has 0 radical (unpaired) electrons. The Hall–Kier alpha value is -2.33. The predicted octanol–water partition coefficient (Wildman–Crippen LogP) is 2.83. The molecule has 0 saturated carbocycles. The van der Waals surface area contributed by atoms with Crippen molar-refractivity contribution in [3.05, 3.63) is 34.3 Å². The molecule has 1 aliphatic carbocycles. The highest BCUT2D eigenvalue weighted by molar-refractivity contribution is 8.03. The van der Waals surface area contributed by atoms with E-state index >= 15 is 0 Å². The fraction of sp³-hybridized carbons (Fsp3) is 0.579. The topological polar surface area (TPSA) is 102 Å². The molecule has 9 nitrogen and oxygen atoms in total. The number of thioether (sulfide) groups is 1. The van der Waals surface area contributed by atoms with Crippen LogP contribution in [0.3, 0.4) is 0 Å². The van der Waals surface area contributed by atoms with Crippen LogP contribution in [0.4, 0.5) is 4.79 Å². The van der Waals surface area contributed by atoms with Gasteiger partial charge < -0.3 is 29.4 Å². The minimum Gasteiger partial charge on any atom is -0.507 e. The summed E-state index contributed by atoms with van der Waals surface area (Å²) in [7, 11) is 4.64. The molecule has 0 bridgehead atoms. The van der Waals surface area contributed by atoms with Crippen LogP contribution in [-0.2, 0) is 18.9 Å². The van der Waals surface area contributed by atoms with Gasteiger partial charge in [0.25, 0.3) is 0 Å². The van der Waals surface area contributed by atoms with Crippen molar-refractivity contribution in [3.63, 3.8) is 0 Å². The number of fused-ring (bicyclic) bond motifs is 1. The van der Waals surface area contributed by atoms with E-state index in [1.807, 2.05) is 5.41 Å². The average Bonchev–Trinajstić information content (AvgIpc) is 3.19. The predicted molar refractivity (Wildman–Crippen MR) is 109 cm³/mol. The minimum absolute atomic E-state index is 0.0603. The van der Waals surface area contributed by atoms with Gasteiger partial charge in [0.2, 0.25) is 5.90 Å². The summed E-state index contributed by atoms with van der Waals surface area (Å²) in [6.45, 7) is 5.40. The van der Waals surface area contributed by atoms with E-state index in [0.717, 1.165) is 0 Å². The molecule has 3 rings (SSSR count). The van der Waals surface area contributed by atoms with Crippen molar-refractivity contribution in [3.8, 4) is 0 Å². The molecular weight excluding hydrogens is 398 g/mol. The zero-order chi connectivity index (χ0) is 21.3. The molecule has 3 aliphatic rings. The molecule has 160 valence electrons. The largest absolute Gasteiger partial charge is 0.507 e. The van der Waals surface area contributed by atoms with Crippen LogP contribution in [-0.4, -0.2) is 66.6 Å². The van der Waals surface area contributed by atoms with Gasteiger partial charge in [-0.3, -0.25) is 0 Å². The van der Waals surface area contributed by atoms with Crippen molar-refractivity contribution in [2.24, 2.45) is 5.10 Å². The first-order valence-corrected chi connectivity index (χ1v) is 10.1. The second-order valence-corrected chi connectivity index (χ2v) is 8.66. The number of aliphatic hydroxyl groups is 1. The van der Waals surface area contributed by atoms with E-state index in [9.17, 15) is 9.90 Å². The molecule has 0 saturated heterocycles. The Morgan fingerprint density at radius 1 is 1.31 bits per heavy atom. The number of ether oxygens (including phenoxy) is 4. The van der Waals surface area contributed by atoms with Gasteiger partial charge in [-0.25, -0.2) is 9.80 Å². The summed E-state index contributed by atoms with van der Waals surface area (Å²) >= 11 is 1.46. The van der Waals surface area contributed by atoms with E-state index in [4.69, 9.17) is 18.9 Å². The van der Waals surface area contributed by atoms with E-state index in [-0.39, 0.29) is 17.2 Å². The second-order valence-electron chi connectivity index (χ2n) is 7.67. The standard InChI is InChI=1S/C19H27N3O6S/c1-19(2,3)28-18(24)20-15-16(27-6)21-22-11(9-29-17(15)22)14-12(23)7-10(25-4)8-13(14)26-5/h7,9-10,15,17,23H,8H2,1-6H3,(H,20,24). The van der Waals surface area contributed by atoms with Crippen molar-refractivity contribution < 1.29 is 28.8 Å². The Kier molecular flexibility index (Phi) is 6.04. The molecule has 0 aromatic heterocycles. The number of amides is 1. The van der Waals surface area contributed by atoms with Crippen LogP contribution in [0.5, 0.6) is 0 Å². The summed E-state index contributed by atoms with van der Waals surface area (Å²) in [6.07, 6.45) is 1.32. The number of nitrogens with zero attached hydrogens (tertiary/aromatic N) is 2. The molecule has 3 unspecified atom stereocenters. The Bertz CT molecular complexity index is 798. The molecular formula is C19H27N3O6S. The second kappa shape index (κ2) is 8.19. The lowest BCUT2D eigenvalue weighted by Gasteiger charge is -2.27. The molecule has 1 amide bonds. The van der Waals surface area contributed by atoms with Crippen molar-refractivity contribution >= 4 is 23.8 Å². The van der Waals surface area contributed by atoms with Crippen molar-refractivity contribution in [1.82, 2.24) is 10.3 Å². The van der Waals surface area contributed by atoms with Crippen LogP contribution in [0.25, 0.3) is 0 Å². The number of aliphatic hydroxyl groups excluding tert-OH is 1. The van der Waals surface area contributed by atoms with Gasteiger partial charge in [0, 0.05) is 13.5 Å². The van der Waals surface area contributed by atoms with E-state index in [1.165, 1.54) is 18.9 Å². The summed E-state index contributed by atoms with van der Waals surface area (Å²) in [6, 6.07) is -0.512. The maximum Gasteiger partial charge on any atom is 0.408 e. The van der Waals surface area contributed by atoms with Gasteiger partial charge >= 0.3 is 6.09 Å². The summed E-state index contributed by atoms with van der Waals surface area (Å²) in [4.78, 5) is 12.3. The molecule has 2 N–H and O–H groups in total. The fourth-order valence-corrected chi connectivity index (χ4v) is 4.38. The quantitative estimate of drug-likeness (QED) is 0.709. The number of carbonyl (C=O) groups excluding carboxylic acids is 1. The molecule has 10 heteroatoms. The van der Waals surface area contributed by atoms with Crippen LogP contribution >= 0.6 is 11.8 Å². The summed E-state index contributed by atoms with van der Waals surface area (Å²) < 4.78 is 21.6. The van der Waals surface area contributed by atoms with Crippen LogP contribution < -0.4 is 5.32 Å². The summed E-state index contributed by atoms with van der Waals surface area (Å²) in [5, 5.41) is 21.3. The zero-order valence-electron chi connectivity index (χ0n) is 17.4. The van der Waals surface area contributed by atoms with E-state index < -0.39 is 17.7 Å². The Morgan fingerprint density at radius 2 is 2.03 bits per heavy atom. The smallest absolute Gasteiger partial charge is 0.408 e. The lowest BCUT2D eigenvalue weighted by molar-refractivity contribution is 0.0509. The third-order valence-electron chi connectivity index (χ3n) is 4.52. The highest BCUT2D eigenvalue weighted by Crippen LogP contribution is 2.44. The minimum atomic E-state index is -0.617. The molecule has 0 fully saturated rings. The number of hydrogen-bond acceptors (Lipinski definition) is 9. The molecule has 0 spiro atoms. The lowest BCUT2D eigenvalue weighted by Crippen LogP contribution is -2.48. The number of rotatable bonds is 4. The molecule has 3 atom stereocenters. The normalized spacial score (nSPS) is 26.5. The molecule has 0 aromatic rings. The SMILES string of the molecule is COC1=NN2C(C3=C(OC)CC(OC)C=C3O)=CSC2C1NC(=O)OC(C)(C)C. The van der Waals surface area contributed by atoms with Gasteiger partial charge in [-0.2, -0.15) is 0 Å². The number of carbonyl (C=O) groups is 1. The van der Waals surface area contributed by atoms with Crippen molar-refractivity contribution in [2.75, 3.05) is 21.3 Å². The monoisotopic (exact) mass is 425 g/mol. The maximum atomic E-state index is 12.3. The Morgan fingerprint density at radius 3 is 2.62 bits per heavy atom. The fourth-order valence-electron chi connectivity index (χ4n) is 3.27. The summed E-state index contributed by atoms with van der Waals surface area (Å²) in [5.41, 5.74) is 0.601. The van der Waals surface area contributed by atoms with Crippen LogP contribution in [0.15, 0.2) is 39.4 Å². The third-order valence-corrected chi connectivity index (χ3v) is 5.63. The van der Waals surface area contributed by atoms with Gasteiger partial charge in [0.15, 0.2) is 0 Å². The highest BCUT2D eigenvalue weighted by atomic mass is 32.2. The summed E-state index contributed by atoms with van der Waals surface area (Å²) in [5.74, 6) is 1.01. The van der Waals surface area contributed by atoms with E-state index in [1.54, 1.807) is 46.1 Å². The first kappa shape index (κ1) is 21.4. The Labute approximate surface area is 174 Å². The van der Waals surface area contributed by atoms with Crippen LogP contribution in [0.1, 0.15) is 27.2 Å². The first-order chi connectivity index (χ1) is 13.7.